The molecular formula is C12H16BrFIN. The third kappa shape index (κ3) is 4.30. The highest BCUT2D eigenvalue weighted by Gasteiger charge is 2.11. The summed E-state index contributed by atoms with van der Waals surface area (Å²) in [7, 11) is 0. The molecule has 0 spiro atoms. The van der Waals surface area contributed by atoms with Gasteiger partial charge in [-0.05, 0) is 23.6 Å². The van der Waals surface area contributed by atoms with Crippen LogP contribution in [0.15, 0.2) is 22.7 Å². The molecule has 0 saturated carbocycles. The van der Waals surface area contributed by atoms with Crippen LogP contribution in [0.2, 0.25) is 0 Å². The topological polar surface area (TPSA) is 12.0 Å². The number of hydrogen-bond acceptors (Lipinski definition) is 1. The van der Waals surface area contributed by atoms with Crippen molar-refractivity contribution in [2.45, 2.75) is 26.4 Å². The van der Waals surface area contributed by atoms with Gasteiger partial charge in [0.1, 0.15) is 5.82 Å². The molecule has 90 valence electrons. The van der Waals surface area contributed by atoms with Gasteiger partial charge in [0.2, 0.25) is 0 Å². The summed E-state index contributed by atoms with van der Waals surface area (Å²) in [6.07, 6.45) is 0. The van der Waals surface area contributed by atoms with Gasteiger partial charge >= 0.3 is 0 Å². The Morgan fingerprint density at radius 3 is 2.62 bits per heavy atom. The second-order valence-corrected chi connectivity index (χ2v) is 5.86. The molecule has 0 bridgehead atoms. The van der Waals surface area contributed by atoms with Crippen molar-refractivity contribution in [1.82, 2.24) is 5.32 Å². The van der Waals surface area contributed by atoms with E-state index in [0.717, 1.165) is 21.0 Å². The number of benzene rings is 1. The molecule has 1 rings (SSSR count). The molecule has 0 heterocycles. The summed E-state index contributed by atoms with van der Waals surface area (Å²) in [6.45, 7) is 5.18. The molecule has 0 aromatic heterocycles. The maximum atomic E-state index is 12.9. The van der Waals surface area contributed by atoms with E-state index in [4.69, 9.17) is 0 Å². The van der Waals surface area contributed by atoms with Gasteiger partial charge in [-0.1, -0.05) is 58.4 Å². The predicted molar refractivity (Wildman–Crippen MR) is 78.5 cm³/mol. The van der Waals surface area contributed by atoms with E-state index in [9.17, 15) is 4.39 Å². The second kappa shape index (κ2) is 6.91. The largest absolute Gasteiger partial charge is 0.309 e. The molecular weight excluding hydrogens is 384 g/mol. The fourth-order valence-corrected chi connectivity index (χ4v) is 3.19. The first kappa shape index (κ1) is 14.4. The smallest absolute Gasteiger partial charge is 0.124 e. The number of halogens is 3. The van der Waals surface area contributed by atoms with Crippen LogP contribution in [0, 0.1) is 11.7 Å². The highest BCUT2D eigenvalue weighted by Crippen LogP contribution is 2.18. The molecule has 0 aliphatic heterocycles. The second-order valence-electron chi connectivity index (χ2n) is 4.12. The Balaban J connectivity index is 2.60. The number of rotatable bonds is 5. The van der Waals surface area contributed by atoms with Crippen molar-refractivity contribution < 1.29 is 4.39 Å². The van der Waals surface area contributed by atoms with Crippen molar-refractivity contribution in [3.05, 3.63) is 34.1 Å². The Labute approximate surface area is 118 Å². The summed E-state index contributed by atoms with van der Waals surface area (Å²) in [4.78, 5) is 0. The molecule has 1 N–H and O–H groups in total. The van der Waals surface area contributed by atoms with E-state index in [1.807, 2.05) is 6.07 Å². The summed E-state index contributed by atoms with van der Waals surface area (Å²) in [5, 5.41) is 3.49. The average Bonchev–Trinajstić information content (AvgIpc) is 2.21. The normalized spacial score (nSPS) is 13.1. The molecule has 1 aromatic rings. The minimum Gasteiger partial charge on any atom is -0.309 e. The van der Waals surface area contributed by atoms with E-state index < -0.39 is 0 Å². The van der Waals surface area contributed by atoms with Gasteiger partial charge in [0.25, 0.3) is 0 Å². The molecule has 0 radical (unpaired) electrons. The predicted octanol–water partition coefficient (Wildman–Crippen LogP) is 4.14. The van der Waals surface area contributed by atoms with Crippen LogP contribution in [0.5, 0.6) is 0 Å². The van der Waals surface area contributed by atoms with E-state index in [1.54, 1.807) is 0 Å². The van der Waals surface area contributed by atoms with Crippen molar-refractivity contribution in [3.8, 4) is 0 Å². The molecule has 0 amide bonds. The molecule has 1 unspecified atom stereocenters. The minimum atomic E-state index is -0.204. The zero-order chi connectivity index (χ0) is 12.1. The van der Waals surface area contributed by atoms with Crippen LogP contribution in [0.1, 0.15) is 19.4 Å². The molecule has 16 heavy (non-hydrogen) atoms. The van der Waals surface area contributed by atoms with E-state index >= 15 is 0 Å². The SMILES string of the molecule is CC(C)C(CI)NCc1ccc(F)cc1Br. The highest BCUT2D eigenvalue weighted by atomic mass is 127. The molecule has 1 aromatic carbocycles. The lowest BCUT2D eigenvalue weighted by Crippen LogP contribution is -2.34. The lowest BCUT2D eigenvalue weighted by Gasteiger charge is -2.20. The summed E-state index contributed by atoms with van der Waals surface area (Å²) in [6, 6.07) is 5.32. The van der Waals surface area contributed by atoms with Gasteiger partial charge < -0.3 is 5.32 Å². The van der Waals surface area contributed by atoms with E-state index in [1.165, 1.54) is 12.1 Å². The van der Waals surface area contributed by atoms with Gasteiger partial charge in [-0.2, -0.15) is 0 Å². The first-order valence-corrected chi connectivity index (χ1v) is 7.59. The van der Waals surface area contributed by atoms with Crippen molar-refractivity contribution >= 4 is 38.5 Å². The molecule has 4 heteroatoms. The lowest BCUT2D eigenvalue weighted by atomic mass is 10.1. The number of nitrogens with one attached hydrogen (secondary N) is 1. The zero-order valence-corrected chi connectivity index (χ0v) is 13.2. The van der Waals surface area contributed by atoms with Crippen LogP contribution < -0.4 is 5.32 Å². The molecule has 1 atom stereocenters. The fourth-order valence-electron chi connectivity index (χ4n) is 1.37. The molecule has 0 fully saturated rings. The molecule has 0 aliphatic rings. The summed E-state index contributed by atoms with van der Waals surface area (Å²) in [5.41, 5.74) is 1.09. The van der Waals surface area contributed by atoms with Gasteiger partial charge in [-0.25, -0.2) is 4.39 Å². The summed E-state index contributed by atoms with van der Waals surface area (Å²) >= 11 is 5.76. The van der Waals surface area contributed by atoms with Gasteiger partial charge in [0.15, 0.2) is 0 Å². The Bertz CT molecular complexity index is 344. The summed E-state index contributed by atoms with van der Waals surface area (Å²) < 4.78 is 14.8. The monoisotopic (exact) mass is 399 g/mol. The lowest BCUT2D eigenvalue weighted by molar-refractivity contribution is 0.436. The van der Waals surface area contributed by atoms with Crippen LogP contribution >= 0.6 is 38.5 Å². The molecule has 0 aliphatic carbocycles. The van der Waals surface area contributed by atoms with Crippen LogP contribution in [0.25, 0.3) is 0 Å². The van der Waals surface area contributed by atoms with Crippen molar-refractivity contribution in [3.63, 3.8) is 0 Å². The fraction of sp³-hybridized carbons (Fsp3) is 0.500. The quantitative estimate of drug-likeness (QED) is 0.579. The van der Waals surface area contributed by atoms with Gasteiger partial charge in [0.05, 0.1) is 0 Å². The third-order valence-corrected chi connectivity index (χ3v) is 4.23. The maximum Gasteiger partial charge on any atom is 0.124 e. The van der Waals surface area contributed by atoms with Gasteiger partial charge in [0, 0.05) is 21.5 Å². The van der Waals surface area contributed by atoms with E-state index in [0.29, 0.717) is 12.0 Å². The number of hydrogen-bond donors (Lipinski definition) is 1. The maximum absolute atomic E-state index is 12.9. The molecule has 0 saturated heterocycles. The Hall–Kier alpha value is 0.320. The molecule has 1 nitrogen and oxygen atoms in total. The van der Waals surface area contributed by atoms with Crippen molar-refractivity contribution in [1.29, 1.82) is 0 Å². The van der Waals surface area contributed by atoms with Crippen LogP contribution in [-0.4, -0.2) is 10.5 Å². The van der Waals surface area contributed by atoms with Crippen LogP contribution in [0.3, 0.4) is 0 Å². The Morgan fingerprint density at radius 1 is 1.44 bits per heavy atom. The van der Waals surface area contributed by atoms with E-state index in [2.05, 4.69) is 57.7 Å². The van der Waals surface area contributed by atoms with Gasteiger partial charge in [-0.3, -0.25) is 0 Å². The van der Waals surface area contributed by atoms with Crippen molar-refractivity contribution in [2.75, 3.05) is 4.43 Å². The first-order chi connectivity index (χ1) is 7.54. The summed E-state index contributed by atoms with van der Waals surface area (Å²) in [5.74, 6) is 0.404. The minimum absolute atomic E-state index is 0.204. The Kier molecular flexibility index (Phi) is 6.21. The van der Waals surface area contributed by atoms with Gasteiger partial charge in [-0.15, -0.1) is 0 Å². The zero-order valence-electron chi connectivity index (χ0n) is 9.43. The average molecular weight is 400 g/mol. The van der Waals surface area contributed by atoms with Crippen molar-refractivity contribution in [2.24, 2.45) is 5.92 Å². The standard InChI is InChI=1S/C12H16BrFIN/c1-8(2)12(6-15)16-7-9-3-4-10(14)5-11(9)13/h3-5,8,12,16H,6-7H2,1-2H3. The van der Waals surface area contributed by atoms with Crippen LogP contribution in [0.4, 0.5) is 4.39 Å². The number of alkyl halides is 1. The van der Waals surface area contributed by atoms with E-state index in [-0.39, 0.29) is 5.82 Å². The van der Waals surface area contributed by atoms with Crippen LogP contribution in [-0.2, 0) is 6.54 Å². The first-order valence-electron chi connectivity index (χ1n) is 5.28. The highest BCUT2D eigenvalue weighted by molar-refractivity contribution is 14.1. The Morgan fingerprint density at radius 2 is 2.12 bits per heavy atom. The third-order valence-electron chi connectivity index (χ3n) is 2.54.